The lowest BCUT2D eigenvalue weighted by atomic mass is 9.95. The van der Waals surface area contributed by atoms with Gasteiger partial charge in [0.15, 0.2) is 0 Å². The highest BCUT2D eigenvalue weighted by Crippen LogP contribution is 2.39. The van der Waals surface area contributed by atoms with E-state index in [9.17, 15) is 19.1 Å². The number of morpholine rings is 1. The summed E-state index contributed by atoms with van der Waals surface area (Å²) in [5, 5.41) is 11.0. The van der Waals surface area contributed by atoms with Crippen LogP contribution >= 0.6 is 15.9 Å². The van der Waals surface area contributed by atoms with Crippen molar-refractivity contribution in [3.8, 4) is 0 Å². The normalized spacial score (nSPS) is 21.3. The highest BCUT2D eigenvalue weighted by Gasteiger charge is 2.45. The molecule has 0 saturated carbocycles. The Morgan fingerprint density at radius 1 is 1.03 bits per heavy atom. The molecule has 6 nitrogen and oxygen atoms in total. The van der Waals surface area contributed by atoms with Gasteiger partial charge in [-0.1, -0.05) is 40.2 Å². The number of ketones is 1. The standard InChI is InChI=1S/C24H24BrFN2O4/c25-18-6-2-17(3-7-18)22(29)20-21(16-4-8-19(26)9-5-16)28(24(31)23(20)30)11-1-10-27-12-14-32-15-13-27/h2-9,21,29H,1,10-15H2/b22-20+/t21-/m0/s1. The highest BCUT2D eigenvalue weighted by molar-refractivity contribution is 9.10. The number of benzene rings is 2. The number of amides is 1. The summed E-state index contributed by atoms with van der Waals surface area (Å²) in [6.07, 6.45) is 0.670. The quantitative estimate of drug-likeness (QED) is 0.370. The molecule has 1 atom stereocenters. The third-order valence-corrected chi connectivity index (χ3v) is 6.35. The Hall–Kier alpha value is -2.55. The average molecular weight is 503 g/mol. The maximum absolute atomic E-state index is 13.6. The van der Waals surface area contributed by atoms with Crippen LogP contribution in [0.15, 0.2) is 58.6 Å². The molecule has 0 bridgehead atoms. The summed E-state index contributed by atoms with van der Waals surface area (Å²) < 4.78 is 19.8. The predicted molar refractivity (Wildman–Crippen MR) is 121 cm³/mol. The number of carbonyl (C=O) groups is 2. The van der Waals surface area contributed by atoms with Crippen LogP contribution in [0.2, 0.25) is 0 Å². The minimum Gasteiger partial charge on any atom is -0.507 e. The minimum absolute atomic E-state index is 0.0234. The van der Waals surface area contributed by atoms with E-state index in [0.29, 0.717) is 37.3 Å². The number of hydrogen-bond donors (Lipinski definition) is 1. The molecule has 2 aromatic carbocycles. The molecule has 2 heterocycles. The van der Waals surface area contributed by atoms with Crippen LogP contribution in [0.5, 0.6) is 0 Å². The fourth-order valence-corrected chi connectivity index (χ4v) is 4.42. The average Bonchev–Trinajstić information content (AvgIpc) is 3.05. The van der Waals surface area contributed by atoms with Crippen LogP contribution in [-0.4, -0.2) is 66.0 Å². The molecular formula is C24H24BrFN2O4. The number of likely N-dealkylation sites (tertiary alicyclic amines) is 1. The van der Waals surface area contributed by atoms with Gasteiger partial charge in [0.1, 0.15) is 11.6 Å². The first kappa shape index (κ1) is 22.6. The number of carbonyl (C=O) groups excluding carboxylic acids is 2. The fraction of sp³-hybridized carbons (Fsp3) is 0.333. The zero-order chi connectivity index (χ0) is 22.7. The Balaban J connectivity index is 1.66. The smallest absolute Gasteiger partial charge is 0.295 e. The number of Topliss-reactive ketones (excluding diaryl/α,β-unsaturated/α-hetero) is 1. The lowest BCUT2D eigenvalue weighted by Crippen LogP contribution is -2.38. The monoisotopic (exact) mass is 502 g/mol. The van der Waals surface area contributed by atoms with E-state index in [0.717, 1.165) is 24.1 Å². The van der Waals surface area contributed by atoms with Gasteiger partial charge in [-0.15, -0.1) is 0 Å². The molecule has 2 aromatic rings. The fourth-order valence-electron chi connectivity index (χ4n) is 4.15. The molecule has 2 aliphatic heterocycles. The van der Waals surface area contributed by atoms with E-state index in [1.165, 1.54) is 17.0 Å². The number of rotatable bonds is 6. The van der Waals surface area contributed by atoms with Crippen LogP contribution in [0.25, 0.3) is 5.76 Å². The largest absolute Gasteiger partial charge is 0.507 e. The van der Waals surface area contributed by atoms with Gasteiger partial charge >= 0.3 is 0 Å². The second-order valence-corrected chi connectivity index (χ2v) is 8.77. The van der Waals surface area contributed by atoms with Crippen LogP contribution in [0.3, 0.4) is 0 Å². The van der Waals surface area contributed by atoms with Gasteiger partial charge in [0.05, 0.1) is 24.8 Å². The summed E-state index contributed by atoms with van der Waals surface area (Å²) in [6, 6.07) is 11.8. The molecule has 0 aliphatic carbocycles. The van der Waals surface area contributed by atoms with E-state index >= 15 is 0 Å². The van der Waals surface area contributed by atoms with Crippen molar-refractivity contribution in [2.24, 2.45) is 0 Å². The van der Waals surface area contributed by atoms with Gasteiger partial charge in [-0.25, -0.2) is 4.39 Å². The van der Waals surface area contributed by atoms with Crippen molar-refractivity contribution in [3.63, 3.8) is 0 Å². The van der Waals surface area contributed by atoms with Gasteiger partial charge in [-0.2, -0.15) is 0 Å². The maximum Gasteiger partial charge on any atom is 0.295 e. The molecule has 0 aromatic heterocycles. The van der Waals surface area contributed by atoms with Gasteiger partial charge in [0.25, 0.3) is 11.7 Å². The van der Waals surface area contributed by atoms with Crippen molar-refractivity contribution in [2.75, 3.05) is 39.4 Å². The molecule has 0 unspecified atom stereocenters. The van der Waals surface area contributed by atoms with Crippen LogP contribution in [0, 0.1) is 5.82 Å². The zero-order valence-corrected chi connectivity index (χ0v) is 19.1. The second-order valence-electron chi connectivity index (χ2n) is 7.86. The van der Waals surface area contributed by atoms with Crippen LogP contribution in [0.1, 0.15) is 23.6 Å². The molecule has 2 fully saturated rings. The van der Waals surface area contributed by atoms with E-state index in [2.05, 4.69) is 20.8 Å². The number of aliphatic hydroxyl groups excluding tert-OH is 1. The summed E-state index contributed by atoms with van der Waals surface area (Å²) in [4.78, 5) is 29.7. The van der Waals surface area contributed by atoms with E-state index in [-0.39, 0.29) is 11.3 Å². The molecule has 1 N–H and O–H groups in total. The van der Waals surface area contributed by atoms with E-state index in [1.807, 2.05) is 0 Å². The summed E-state index contributed by atoms with van der Waals surface area (Å²) in [5.74, 6) is -2.03. The zero-order valence-electron chi connectivity index (χ0n) is 17.5. The Labute approximate surface area is 194 Å². The number of hydrogen-bond acceptors (Lipinski definition) is 5. The third-order valence-electron chi connectivity index (χ3n) is 5.82. The molecule has 1 amide bonds. The topological polar surface area (TPSA) is 70.1 Å². The molecule has 4 rings (SSSR count). The number of halogens is 2. The molecule has 2 aliphatic rings. The molecule has 8 heteroatoms. The van der Waals surface area contributed by atoms with Gasteiger partial charge < -0.3 is 14.7 Å². The molecule has 32 heavy (non-hydrogen) atoms. The van der Waals surface area contributed by atoms with Crippen molar-refractivity contribution < 1.29 is 23.8 Å². The maximum atomic E-state index is 13.6. The second kappa shape index (κ2) is 9.94. The first-order chi connectivity index (χ1) is 15.5. The van der Waals surface area contributed by atoms with E-state index in [4.69, 9.17) is 4.74 Å². The third kappa shape index (κ3) is 4.77. The van der Waals surface area contributed by atoms with Gasteiger partial charge in [0.2, 0.25) is 0 Å². The van der Waals surface area contributed by atoms with Crippen molar-refractivity contribution in [2.45, 2.75) is 12.5 Å². The SMILES string of the molecule is O=C1C(=O)N(CCCN2CCOCC2)[C@@H](c2ccc(F)cc2)/C1=C(\O)c1ccc(Br)cc1. The van der Waals surface area contributed by atoms with Crippen LogP contribution < -0.4 is 0 Å². The number of aliphatic hydroxyl groups is 1. The summed E-state index contributed by atoms with van der Waals surface area (Å²) in [5.41, 5.74) is 1.04. The van der Waals surface area contributed by atoms with Gasteiger partial charge in [0, 0.05) is 36.2 Å². The van der Waals surface area contributed by atoms with Gasteiger partial charge in [-0.3, -0.25) is 14.5 Å². The van der Waals surface area contributed by atoms with Crippen molar-refractivity contribution >= 4 is 33.4 Å². The summed E-state index contributed by atoms with van der Waals surface area (Å²) in [6.45, 7) is 4.17. The molecule has 0 radical (unpaired) electrons. The van der Waals surface area contributed by atoms with E-state index in [1.54, 1.807) is 36.4 Å². The lowest BCUT2D eigenvalue weighted by Gasteiger charge is -2.29. The Kier molecular flexibility index (Phi) is 7.03. The van der Waals surface area contributed by atoms with Gasteiger partial charge in [-0.05, 0) is 36.2 Å². The molecule has 168 valence electrons. The Bertz CT molecular complexity index is 1020. The minimum atomic E-state index is -0.774. The number of ether oxygens (including phenoxy) is 1. The highest BCUT2D eigenvalue weighted by atomic mass is 79.9. The summed E-state index contributed by atoms with van der Waals surface area (Å²) >= 11 is 3.35. The van der Waals surface area contributed by atoms with E-state index < -0.39 is 23.5 Å². The first-order valence-corrected chi connectivity index (χ1v) is 11.3. The molecular weight excluding hydrogens is 479 g/mol. The predicted octanol–water partition coefficient (Wildman–Crippen LogP) is 3.73. The van der Waals surface area contributed by atoms with Crippen molar-refractivity contribution in [3.05, 3.63) is 75.5 Å². The van der Waals surface area contributed by atoms with Crippen molar-refractivity contribution in [1.82, 2.24) is 9.80 Å². The Morgan fingerprint density at radius 2 is 1.69 bits per heavy atom. The van der Waals surface area contributed by atoms with Crippen LogP contribution in [-0.2, 0) is 14.3 Å². The molecule has 2 saturated heterocycles. The number of nitrogens with zero attached hydrogens (tertiary/aromatic N) is 2. The van der Waals surface area contributed by atoms with Crippen LogP contribution in [0.4, 0.5) is 4.39 Å². The lowest BCUT2D eigenvalue weighted by molar-refractivity contribution is -0.140. The first-order valence-electron chi connectivity index (χ1n) is 10.6. The van der Waals surface area contributed by atoms with Crippen molar-refractivity contribution in [1.29, 1.82) is 0 Å². The molecule has 0 spiro atoms. The Morgan fingerprint density at radius 3 is 2.34 bits per heavy atom. The summed E-state index contributed by atoms with van der Waals surface area (Å²) in [7, 11) is 0.